The van der Waals surface area contributed by atoms with Gasteiger partial charge in [0, 0.05) is 8.95 Å². The number of phenols is 1. The molecule has 0 aliphatic rings. The second kappa shape index (κ2) is 6.67. The van der Waals surface area contributed by atoms with Crippen LogP contribution in [0, 0.1) is 0 Å². The average Bonchev–Trinajstić information content (AvgIpc) is 2.43. The van der Waals surface area contributed by atoms with E-state index in [9.17, 15) is 9.90 Å². The smallest absolute Gasteiger partial charge is 0.275 e. The summed E-state index contributed by atoms with van der Waals surface area (Å²) in [5, 5.41) is 13.5. The number of rotatable bonds is 3. The third-order valence-electron chi connectivity index (χ3n) is 2.45. The monoisotopic (exact) mass is 396 g/mol. The largest absolute Gasteiger partial charge is 0.507 e. The van der Waals surface area contributed by atoms with Crippen LogP contribution in [0.3, 0.4) is 0 Å². The second-order valence-corrected chi connectivity index (χ2v) is 5.74. The summed E-state index contributed by atoms with van der Waals surface area (Å²) in [6, 6.07) is 12.1. The predicted molar refractivity (Wildman–Crippen MR) is 85.0 cm³/mol. The third-order valence-corrected chi connectivity index (χ3v) is 3.47. The van der Waals surface area contributed by atoms with Crippen LogP contribution in [0.2, 0.25) is 0 Å². The highest BCUT2D eigenvalue weighted by atomic mass is 79.9. The summed E-state index contributed by atoms with van der Waals surface area (Å²) >= 11 is 6.58. The second-order valence-electron chi connectivity index (χ2n) is 3.91. The van der Waals surface area contributed by atoms with Crippen molar-refractivity contribution in [3.05, 3.63) is 62.5 Å². The molecule has 20 heavy (non-hydrogen) atoms. The lowest BCUT2D eigenvalue weighted by Gasteiger charge is -2.03. The van der Waals surface area contributed by atoms with Gasteiger partial charge in [0.15, 0.2) is 0 Å². The van der Waals surface area contributed by atoms with Gasteiger partial charge in [-0.3, -0.25) is 4.79 Å². The summed E-state index contributed by atoms with van der Waals surface area (Å²) in [7, 11) is 0. The van der Waals surface area contributed by atoms with Crippen LogP contribution in [-0.4, -0.2) is 17.2 Å². The Hall–Kier alpha value is -1.66. The van der Waals surface area contributed by atoms with Gasteiger partial charge < -0.3 is 5.11 Å². The van der Waals surface area contributed by atoms with E-state index in [2.05, 4.69) is 42.4 Å². The maximum Gasteiger partial charge on any atom is 0.275 e. The quantitative estimate of drug-likeness (QED) is 0.612. The number of carbonyl (C=O) groups is 1. The molecular formula is C14H10Br2N2O2. The van der Waals surface area contributed by atoms with Crippen LogP contribution < -0.4 is 5.43 Å². The Balaban J connectivity index is 2.05. The molecule has 0 aliphatic heterocycles. The summed E-state index contributed by atoms with van der Waals surface area (Å²) in [5.41, 5.74) is 3.38. The van der Waals surface area contributed by atoms with E-state index in [1.807, 2.05) is 24.3 Å². The molecule has 0 unspecified atom stereocenters. The first kappa shape index (κ1) is 14.7. The number of benzene rings is 2. The number of amides is 1. The zero-order chi connectivity index (χ0) is 14.5. The summed E-state index contributed by atoms with van der Waals surface area (Å²) < 4.78 is 1.68. The molecule has 4 nitrogen and oxygen atoms in total. The molecule has 2 aromatic rings. The fraction of sp³-hybridized carbons (Fsp3) is 0. The molecule has 0 radical (unpaired) electrons. The van der Waals surface area contributed by atoms with Gasteiger partial charge in [0.1, 0.15) is 5.75 Å². The van der Waals surface area contributed by atoms with Crippen molar-refractivity contribution in [3.63, 3.8) is 0 Å². The highest BCUT2D eigenvalue weighted by molar-refractivity contribution is 9.10. The van der Waals surface area contributed by atoms with E-state index in [0.29, 0.717) is 4.47 Å². The van der Waals surface area contributed by atoms with Crippen LogP contribution in [0.1, 0.15) is 15.9 Å². The zero-order valence-corrected chi connectivity index (χ0v) is 13.3. The number of aromatic hydroxyl groups is 1. The molecule has 102 valence electrons. The highest BCUT2D eigenvalue weighted by Crippen LogP contribution is 2.21. The first-order chi connectivity index (χ1) is 9.56. The summed E-state index contributed by atoms with van der Waals surface area (Å²) in [5.74, 6) is -0.568. The molecule has 2 rings (SSSR count). The number of hydrazone groups is 1. The Labute approximate surface area is 132 Å². The van der Waals surface area contributed by atoms with Crippen LogP contribution in [0.5, 0.6) is 5.75 Å². The van der Waals surface area contributed by atoms with Gasteiger partial charge >= 0.3 is 0 Å². The molecule has 0 spiro atoms. The van der Waals surface area contributed by atoms with Crippen molar-refractivity contribution in [1.82, 2.24) is 5.43 Å². The SMILES string of the molecule is O=C(NN=Cc1ccc(Br)cc1)c1cc(Br)ccc1O. The van der Waals surface area contributed by atoms with Gasteiger partial charge in [-0.25, -0.2) is 5.43 Å². The van der Waals surface area contributed by atoms with Gasteiger partial charge in [-0.05, 0) is 35.9 Å². The Morgan fingerprint density at radius 2 is 1.75 bits per heavy atom. The first-order valence-electron chi connectivity index (χ1n) is 5.64. The van der Waals surface area contributed by atoms with Crippen molar-refractivity contribution < 1.29 is 9.90 Å². The normalized spacial score (nSPS) is 10.7. The number of phenolic OH excluding ortho intramolecular Hbond substituents is 1. The van der Waals surface area contributed by atoms with Crippen molar-refractivity contribution >= 4 is 44.0 Å². The Morgan fingerprint density at radius 1 is 1.10 bits per heavy atom. The molecular weight excluding hydrogens is 388 g/mol. The zero-order valence-electron chi connectivity index (χ0n) is 10.2. The minimum absolute atomic E-state index is 0.0930. The van der Waals surface area contributed by atoms with E-state index in [0.717, 1.165) is 10.0 Å². The molecule has 0 aliphatic carbocycles. The van der Waals surface area contributed by atoms with E-state index in [1.54, 1.807) is 6.07 Å². The summed E-state index contributed by atoms with van der Waals surface area (Å²) in [4.78, 5) is 11.8. The van der Waals surface area contributed by atoms with Crippen LogP contribution in [0.4, 0.5) is 0 Å². The number of nitrogens with one attached hydrogen (secondary N) is 1. The van der Waals surface area contributed by atoms with E-state index < -0.39 is 5.91 Å². The van der Waals surface area contributed by atoms with Crippen LogP contribution in [-0.2, 0) is 0 Å². The van der Waals surface area contributed by atoms with Gasteiger partial charge in [0.05, 0.1) is 11.8 Å². The number of halogens is 2. The van der Waals surface area contributed by atoms with Gasteiger partial charge in [-0.2, -0.15) is 5.10 Å². The van der Waals surface area contributed by atoms with Gasteiger partial charge in [0.25, 0.3) is 5.91 Å². The molecule has 0 saturated heterocycles. The molecule has 2 aromatic carbocycles. The van der Waals surface area contributed by atoms with Crippen LogP contribution >= 0.6 is 31.9 Å². The van der Waals surface area contributed by atoms with E-state index in [1.165, 1.54) is 18.3 Å². The molecule has 0 heterocycles. The molecule has 0 aromatic heterocycles. The molecule has 0 atom stereocenters. The van der Waals surface area contributed by atoms with E-state index in [-0.39, 0.29) is 11.3 Å². The first-order valence-corrected chi connectivity index (χ1v) is 7.22. The van der Waals surface area contributed by atoms with E-state index in [4.69, 9.17) is 0 Å². The topological polar surface area (TPSA) is 61.7 Å². The Kier molecular flexibility index (Phi) is 4.92. The standard InChI is InChI=1S/C14H10Br2N2O2/c15-10-3-1-9(2-4-10)8-17-18-14(20)12-7-11(16)5-6-13(12)19/h1-8,19H,(H,18,20). The van der Waals surface area contributed by atoms with Crippen molar-refractivity contribution in [2.24, 2.45) is 5.10 Å². The van der Waals surface area contributed by atoms with Crippen molar-refractivity contribution in [2.45, 2.75) is 0 Å². The van der Waals surface area contributed by atoms with Crippen molar-refractivity contribution in [1.29, 1.82) is 0 Å². The van der Waals surface area contributed by atoms with Crippen molar-refractivity contribution in [2.75, 3.05) is 0 Å². The Bertz CT molecular complexity index is 655. The van der Waals surface area contributed by atoms with Crippen molar-refractivity contribution in [3.8, 4) is 5.75 Å². The fourth-order valence-electron chi connectivity index (χ4n) is 1.46. The molecule has 6 heteroatoms. The fourth-order valence-corrected chi connectivity index (χ4v) is 2.09. The number of nitrogens with zero attached hydrogens (tertiary/aromatic N) is 1. The maximum absolute atomic E-state index is 11.8. The lowest BCUT2D eigenvalue weighted by atomic mass is 10.2. The molecule has 0 bridgehead atoms. The minimum Gasteiger partial charge on any atom is -0.507 e. The highest BCUT2D eigenvalue weighted by Gasteiger charge is 2.10. The lowest BCUT2D eigenvalue weighted by Crippen LogP contribution is -2.17. The molecule has 0 saturated carbocycles. The average molecular weight is 398 g/mol. The molecule has 1 amide bonds. The molecule has 2 N–H and O–H groups in total. The predicted octanol–water partition coefficient (Wildman–Crippen LogP) is 3.68. The van der Waals surface area contributed by atoms with E-state index >= 15 is 0 Å². The number of hydrogen-bond donors (Lipinski definition) is 2. The maximum atomic E-state index is 11.8. The van der Waals surface area contributed by atoms with Crippen LogP contribution in [0.25, 0.3) is 0 Å². The van der Waals surface area contributed by atoms with Gasteiger partial charge in [-0.1, -0.05) is 44.0 Å². The van der Waals surface area contributed by atoms with Gasteiger partial charge in [-0.15, -0.1) is 0 Å². The van der Waals surface area contributed by atoms with Crippen LogP contribution in [0.15, 0.2) is 56.5 Å². The minimum atomic E-state index is -0.475. The summed E-state index contributed by atoms with van der Waals surface area (Å²) in [6.07, 6.45) is 1.53. The number of carbonyl (C=O) groups excluding carboxylic acids is 1. The Morgan fingerprint density at radius 3 is 2.45 bits per heavy atom. The third kappa shape index (κ3) is 3.91. The number of hydrogen-bond acceptors (Lipinski definition) is 3. The van der Waals surface area contributed by atoms with Gasteiger partial charge in [0.2, 0.25) is 0 Å². The molecule has 0 fully saturated rings. The lowest BCUT2D eigenvalue weighted by molar-refractivity contribution is 0.0952. The summed E-state index contributed by atoms with van der Waals surface area (Å²) in [6.45, 7) is 0.